The lowest BCUT2D eigenvalue weighted by atomic mass is 10.2. The Morgan fingerprint density at radius 3 is 2.57 bits per heavy atom. The number of nitrogens with zero attached hydrogens (tertiary/aromatic N) is 1. The predicted octanol–water partition coefficient (Wildman–Crippen LogP) is 0.557. The molecular formula is C10H20N2O2. The Bertz CT molecular complexity index is 212. The largest absolute Gasteiger partial charge is 0.478 e. The first-order valence-electron chi connectivity index (χ1n) is 4.70. The Kier molecular flexibility index (Phi) is 6.16. The molecule has 14 heavy (non-hydrogen) atoms. The van der Waals surface area contributed by atoms with E-state index in [2.05, 4.69) is 17.1 Å². The van der Waals surface area contributed by atoms with Gasteiger partial charge in [-0.1, -0.05) is 5.57 Å². The average Bonchev–Trinajstić information content (AvgIpc) is 2.02. The average molecular weight is 200 g/mol. The molecule has 0 spiro atoms. The first-order chi connectivity index (χ1) is 6.43. The predicted molar refractivity (Wildman–Crippen MR) is 57.4 cm³/mol. The van der Waals surface area contributed by atoms with Gasteiger partial charge in [-0.3, -0.25) is 0 Å². The van der Waals surface area contributed by atoms with Crippen molar-refractivity contribution in [2.45, 2.75) is 19.9 Å². The summed E-state index contributed by atoms with van der Waals surface area (Å²) in [4.78, 5) is 12.4. The standard InChI is InChI=1S/C10H20N2O2/c1-8(5-10(13)14)6-11-7-9(2)12(3)4/h5,9,11H,6-7H2,1-4H3,(H,13,14). The van der Waals surface area contributed by atoms with Crippen molar-refractivity contribution in [1.29, 1.82) is 0 Å². The molecule has 0 radical (unpaired) electrons. The Morgan fingerprint density at radius 1 is 1.57 bits per heavy atom. The van der Waals surface area contributed by atoms with Gasteiger partial charge in [0.05, 0.1) is 0 Å². The summed E-state index contributed by atoms with van der Waals surface area (Å²) in [6.45, 7) is 5.41. The monoisotopic (exact) mass is 200 g/mol. The number of aliphatic carboxylic acids is 1. The maximum atomic E-state index is 10.3. The van der Waals surface area contributed by atoms with Gasteiger partial charge in [0, 0.05) is 25.2 Å². The molecule has 0 amide bonds. The van der Waals surface area contributed by atoms with E-state index in [1.807, 2.05) is 14.1 Å². The van der Waals surface area contributed by atoms with Crippen molar-refractivity contribution in [1.82, 2.24) is 10.2 Å². The lowest BCUT2D eigenvalue weighted by Gasteiger charge is -2.20. The maximum Gasteiger partial charge on any atom is 0.328 e. The van der Waals surface area contributed by atoms with E-state index in [1.54, 1.807) is 6.92 Å². The molecule has 2 N–H and O–H groups in total. The van der Waals surface area contributed by atoms with Crippen molar-refractivity contribution >= 4 is 5.97 Å². The van der Waals surface area contributed by atoms with Crippen LogP contribution in [0.15, 0.2) is 11.6 Å². The molecule has 0 aromatic heterocycles. The molecule has 0 saturated heterocycles. The molecule has 0 aliphatic carbocycles. The third-order valence-corrected chi connectivity index (χ3v) is 2.10. The first-order valence-corrected chi connectivity index (χ1v) is 4.70. The maximum absolute atomic E-state index is 10.3. The Labute approximate surface area is 85.6 Å². The minimum Gasteiger partial charge on any atom is -0.478 e. The van der Waals surface area contributed by atoms with Crippen LogP contribution in [0.1, 0.15) is 13.8 Å². The number of rotatable bonds is 6. The SMILES string of the molecule is CC(=CC(=O)O)CNCC(C)N(C)C. The molecule has 82 valence electrons. The molecule has 0 aromatic rings. The molecule has 4 nitrogen and oxygen atoms in total. The smallest absolute Gasteiger partial charge is 0.328 e. The minimum absolute atomic E-state index is 0.452. The molecule has 4 heteroatoms. The van der Waals surface area contributed by atoms with Gasteiger partial charge in [0.15, 0.2) is 0 Å². The van der Waals surface area contributed by atoms with E-state index in [-0.39, 0.29) is 0 Å². The van der Waals surface area contributed by atoms with Crippen LogP contribution in [0, 0.1) is 0 Å². The zero-order chi connectivity index (χ0) is 11.1. The van der Waals surface area contributed by atoms with E-state index in [4.69, 9.17) is 5.11 Å². The van der Waals surface area contributed by atoms with Gasteiger partial charge in [-0.25, -0.2) is 4.79 Å². The second-order valence-corrected chi connectivity index (χ2v) is 3.77. The third-order valence-electron chi connectivity index (χ3n) is 2.10. The number of hydrogen-bond donors (Lipinski definition) is 2. The van der Waals surface area contributed by atoms with Gasteiger partial charge in [-0.05, 0) is 27.9 Å². The van der Waals surface area contributed by atoms with Gasteiger partial charge < -0.3 is 15.3 Å². The number of carboxylic acid groups (broad SMARTS) is 1. The normalized spacial score (nSPS) is 14.5. The van der Waals surface area contributed by atoms with Crippen LogP contribution in [-0.2, 0) is 4.79 Å². The molecule has 0 aliphatic rings. The fraction of sp³-hybridized carbons (Fsp3) is 0.700. The topological polar surface area (TPSA) is 52.6 Å². The number of hydrogen-bond acceptors (Lipinski definition) is 3. The number of carboxylic acids is 1. The van der Waals surface area contributed by atoms with Crippen LogP contribution in [0.4, 0.5) is 0 Å². The molecule has 0 rings (SSSR count). The van der Waals surface area contributed by atoms with Crippen LogP contribution in [0.3, 0.4) is 0 Å². The van der Waals surface area contributed by atoms with Crippen LogP contribution in [-0.4, -0.2) is 49.2 Å². The second-order valence-electron chi connectivity index (χ2n) is 3.77. The molecule has 0 heterocycles. The van der Waals surface area contributed by atoms with E-state index in [0.29, 0.717) is 12.6 Å². The third kappa shape index (κ3) is 6.62. The number of nitrogens with one attached hydrogen (secondary N) is 1. The van der Waals surface area contributed by atoms with E-state index in [0.717, 1.165) is 12.1 Å². The number of likely N-dealkylation sites (N-methyl/N-ethyl adjacent to an activating group) is 1. The van der Waals surface area contributed by atoms with Crippen molar-refractivity contribution in [3.8, 4) is 0 Å². The first kappa shape index (κ1) is 13.1. The molecule has 0 bridgehead atoms. The van der Waals surface area contributed by atoms with Gasteiger partial charge in [-0.2, -0.15) is 0 Å². The minimum atomic E-state index is -0.884. The fourth-order valence-corrected chi connectivity index (χ4v) is 0.923. The van der Waals surface area contributed by atoms with Crippen molar-refractivity contribution < 1.29 is 9.90 Å². The highest BCUT2D eigenvalue weighted by Crippen LogP contribution is 1.92. The summed E-state index contributed by atoms with van der Waals surface area (Å²) >= 11 is 0. The summed E-state index contributed by atoms with van der Waals surface area (Å²) in [6, 6.07) is 0.452. The van der Waals surface area contributed by atoms with E-state index in [1.165, 1.54) is 6.08 Å². The lowest BCUT2D eigenvalue weighted by molar-refractivity contribution is -0.131. The van der Waals surface area contributed by atoms with Crippen molar-refractivity contribution in [2.75, 3.05) is 27.2 Å². The zero-order valence-electron chi connectivity index (χ0n) is 9.37. The van der Waals surface area contributed by atoms with Crippen LogP contribution < -0.4 is 5.32 Å². The molecule has 1 unspecified atom stereocenters. The van der Waals surface area contributed by atoms with E-state index in [9.17, 15) is 4.79 Å². The summed E-state index contributed by atoms with van der Waals surface area (Å²) in [6.07, 6.45) is 1.23. The highest BCUT2D eigenvalue weighted by Gasteiger charge is 2.03. The summed E-state index contributed by atoms with van der Waals surface area (Å²) in [5, 5.41) is 11.7. The summed E-state index contributed by atoms with van der Waals surface area (Å²) in [7, 11) is 4.04. The van der Waals surface area contributed by atoms with E-state index >= 15 is 0 Å². The summed E-state index contributed by atoms with van der Waals surface area (Å²) in [5.74, 6) is -0.884. The Balaban J connectivity index is 3.69. The number of carbonyl (C=O) groups is 1. The highest BCUT2D eigenvalue weighted by atomic mass is 16.4. The molecule has 0 aliphatic heterocycles. The molecule has 0 aromatic carbocycles. The second kappa shape index (κ2) is 6.56. The lowest BCUT2D eigenvalue weighted by Crippen LogP contribution is -2.36. The fourth-order valence-electron chi connectivity index (χ4n) is 0.923. The van der Waals surface area contributed by atoms with Gasteiger partial charge in [0.2, 0.25) is 0 Å². The van der Waals surface area contributed by atoms with Gasteiger partial charge in [0.1, 0.15) is 0 Å². The summed E-state index contributed by atoms with van der Waals surface area (Å²) in [5.41, 5.74) is 0.837. The van der Waals surface area contributed by atoms with Crippen molar-refractivity contribution in [3.63, 3.8) is 0 Å². The zero-order valence-corrected chi connectivity index (χ0v) is 9.37. The van der Waals surface area contributed by atoms with Gasteiger partial charge in [-0.15, -0.1) is 0 Å². The summed E-state index contributed by atoms with van der Waals surface area (Å²) < 4.78 is 0. The van der Waals surface area contributed by atoms with Crippen molar-refractivity contribution in [2.24, 2.45) is 0 Å². The van der Waals surface area contributed by atoms with Crippen LogP contribution in [0.25, 0.3) is 0 Å². The van der Waals surface area contributed by atoms with Gasteiger partial charge in [0.25, 0.3) is 0 Å². The Morgan fingerprint density at radius 2 is 2.14 bits per heavy atom. The Hall–Kier alpha value is -0.870. The highest BCUT2D eigenvalue weighted by molar-refractivity contribution is 5.80. The molecular weight excluding hydrogens is 180 g/mol. The van der Waals surface area contributed by atoms with Crippen LogP contribution in [0.2, 0.25) is 0 Å². The molecule has 0 saturated carbocycles. The van der Waals surface area contributed by atoms with Crippen LogP contribution in [0.5, 0.6) is 0 Å². The van der Waals surface area contributed by atoms with E-state index < -0.39 is 5.97 Å². The molecule has 1 atom stereocenters. The molecule has 0 fully saturated rings. The van der Waals surface area contributed by atoms with Crippen LogP contribution >= 0.6 is 0 Å². The van der Waals surface area contributed by atoms with Gasteiger partial charge >= 0.3 is 5.97 Å². The quantitative estimate of drug-likeness (QED) is 0.615. The van der Waals surface area contributed by atoms with Crippen molar-refractivity contribution in [3.05, 3.63) is 11.6 Å².